The van der Waals surface area contributed by atoms with Gasteiger partial charge in [-0.1, -0.05) is 0 Å². The van der Waals surface area contributed by atoms with E-state index in [1.807, 2.05) is 0 Å². The Kier molecular flexibility index (Phi) is 1.24. The molecule has 0 atom stereocenters. The maximum atomic E-state index is 10.5. The Bertz CT molecular complexity index is 304. The van der Waals surface area contributed by atoms with Gasteiger partial charge in [0.1, 0.15) is 11.1 Å². The van der Waals surface area contributed by atoms with Gasteiger partial charge in [0.2, 0.25) is 0 Å². The van der Waals surface area contributed by atoms with Crippen molar-refractivity contribution in [2.45, 2.75) is 0 Å². The molecule has 1 rings (SSSR count). The fourth-order valence-corrected chi connectivity index (χ4v) is 0.966. The molecule has 3 N–H and O–H groups in total. The molecule has 1 aromatic rings. The quantitative estimate of drug-likeness (QED) is 0.528. The van der Waals surface area contributed by atoms with Crippen LogP contribution in [0.5, 0.6) is 0 Å². The van der Waals surface area contributed by atoms with Gasteiger partial charge in [-0.25, -0.2) is 0 Å². The maximum absolute atomic E-state index is 10.5. The average molecular weight is 141 g/mol. The molecule has 0 bridgehead atoms. The molecule has 0 radical (unpaired) electrons. The van der Waals surface area contributed by atoms with Crippen molar-refractivity contribution in [3.05, 3.63) is 15.9 Å². The van der Waals surface area contributed by atoms with Crippen molar-refractivity contribution in [1.29, 1.82) is 5.26 Å². The number of nitrogens with zero attached hydrogens (tertiary/aromatic N) is 1. The van der Waals surface area contributed by atoms with Crippen molar-refractivity contribution in [3.8, 4) is 6.07 Å². The number of hydrogen-bond acceptors (Lipinski definition) is 4. The predicted octanol–water partition coefficient (Wildman–Crippen LogP) is -0.110. The highest BCUT2D eigenvalue weighted by Gasteiger charge is 2.03. The summed E-state index contributed by atoms with van der Waals surface area (Å²) in [5.41, 5.74) is 4.83. The lowest BCUT2D eigenvalue weighted by Gasteiger charge is -1.75. The third kappa shape index (κ3) is 0.795. The highest BCUT2D eigenvalue weighted by molar-refractivity contribution is 7.10. The van der Waals surface area contributed by atoms with E-state index in [-0.39, 0.29) is 10.6 Å². The van der Waals surface area contributed by atoms with Crippen LogP contribution in [-0.2, 0) is 0 Å². The lowest BCUT2D eigenvalue weighted by atomic mass is 10.4. The van der Waals surface area contributed by atoms with Crippen LogP contribution < -0.4 is 11.3 Å². The number of H-pyrrole nitrogens is 1. The van der Waals surface area contributed by atoms with Gasteiger partial charge in [0.15, 0.2) is 5.56 Å². The van der Waals surface area contributed by atoms with E-state index >= 15 is 0 Å². The highest BCUT2D eigenvalue weighted by atomic mass is 32.1. The van der Waals surface area contributed by atoms with Gasteiger partial charge in [0.05, 0.1) is 0 Å². The Labute approximate surface area is 54.7 Å². The number of hydrogen-bond donors (Lipinski definition) is 2. The van der Waals surface area contributed by atoms with E-state index in [1.165, 1.54) is 0 Å². The molecule has 0 spiro atoms. The van der Waals surface area contributed by atoms with Crippen molar-refractivity contribution in [1.82, 2.24) is 4.37 Å². The van der Waals surface area contributed by atoms with E-state index in [2.05, 4.69) is 4.37 Å². The molecule has 9 heavy (non-hydrogen) atoms. The summed E-state index contributed by atoms with van der Waals surface area (Å²) >= 11 is 0.973. The number of rotatable bonds is 0. The van der Waals surface area contributed by atoms with Crippen LogP contribution >= 0.6 is 11.5 Å². The largest absolute Gasteiger partial charge is 0.388 e. The van der Waals surface area contributed by atoms with Crippen molar-refractivity contribution in [2.24, 2.45) is 0 Å². The number of aromatic nitrogens is 1. The Hall–Kier alpha value is -1.28. The summed E-state index contributed by atoms with van der Waals surface area (Å²) in [7, 11) is 0. The first-order valence-electron chi connectivity index (χ1n) is 2.12. The Morgan fingerprint density at radius 1 is 1.78 bits per heavy atom. The molecule has 1 heterocycles. The molecule has 0 unspecified atom stereocenters. The molecule has 46 valence electrons. The zero-order valence-electron chi connectivity index (χ0n) is 4.34. The van der Waals surface area contributed by atoms with Gasteiger partial charge >= 0.3 is 0 Å². The van der Waals surface area contributed by atoms with E-state index in [0.717, 1.165) is 11.5 Å². The Morgan fingerprint density at radius 3 is 2.67 bits per heavy atom. The van der Waals surface area contributed by atoms with Gasteiger partial charge in [-0.2, -0.15) is 5.26 Å². The van der Waals surface area contributed by atoms with Crippen LogP contribution in [-0.4, -0.2) is 4.37 Å². The minimum Gasteiger partial charge on any atom is -0.388 e. The molecule has 0 fully saturated rings. The molecule has 0 saturated heterocycles. The highest BCUT2D eigenvalue weighted by Crippen LogP contribution is 2.08. The number of nitrogens with one attached hydrogen (secondary N) is 1. The summed E-state index contributed by atoms with van der Waals surface area (Å²) in [6.07, 6.45) is 0. The first kappa shape index (κ1) is 5.85. The topological polar surface area (TPSA) is 82.7 Å². The number of aromatic amines is 1. The fourth-order valence-electron chi connectivity index (χ4n) is 0.421. The normalized spacial score (nSPS) is 8.78. The third-order valence-corrected chi connectivity index (χ3v) is 1.55. The summed E-state index contributed by atoms with van der Waals surface area (Å²) in [6, 6.07) is 1.69. The molecule has 0 aliphatic heterocycles. The fraction of sp³-hybridized carbons (Fsp3) is 0. The van der Waals surface area contributed by atoms with Crippen molar-refractivity contribution in [2.75, 3.05) is 5.73 Å². The van der Waals surface area contributed by atoms with Crippen molar-refractivity contribution < 1.29 is 0 Å². The second-order valence-corrected chi connectivity index (χ2v) is 2.23. The number of nitrogen functional groups attached to an aromatic ring is 1. The van der Waals surface area contributed by atoms with E-state index in [9.17, 15) is 4.79 Å². The van der Waals surface area contributed by atoms with Crippen LogP contribution in [0.25, 0.3) is 0 Å². The van der Waals surface area contributed by atoms with Gasteiger partial charge in [0, 0.05) is 0 Å². The summed E-state index contributed by atoms with van der Waals surface area (Å²) in [6.45, 7) is 0. The van der Waals surface area contributed by atoms with Crippen molar-refractivity contribution >= 4 is 16.5 Å². The van der Waals surface area contributed by atoms with Gasteiger partial charge < -0.3 is 5.73 Å². The second-order valence-electron chi connectivity index (χ2n) is 1.38. The Morgan fingerprint density at radius 2 is 2.44 bits per heavy atom. The Balaban J connectivity index is 3.46. The second kappa shape index (κ2) is 1.91. The smallest absolute Gasteiger partial charge is 0.278 e. The summed E-state index contributed by atoms with van der Waals surface area (Å²) in [4.78, 5) is 10.5. The molecule has 0 saturated carbocycles. The van der Waals surface area contributed by atoms with Crippen LogP contribution in [0.2, 0.25) is 0 Å². The number of anilines is 1. The average Bonchev–Trinajstić information content (AvgIpc) is 2.12. The van der Waals surface area contributed by atoms with Crippen molar-refractivity contribution in [3.63, 3.8) is 0 Å². The lowest BCUT2D eigenvalue weighted by Crippen LogP contribution is -2.02. The molecular weight excluding hydrogens is 138 g/mol. The maximum Gasteiger partial charge on any atom is 0.278 e. The van der Waals surface area contributed by atoms with E-state index < -0.39 is 5.56 Å². The minimum atomic E-state index is -0.403. The van der Waals surface area contributed by atoms with E-state index in [0.29, 0.717) is 0 Å². The van der Waals surface area contributed by atoms with Gasteiger partial charge in [-0.3, -0.25) is 9.17 Å². The molecular formula is C4H3N3OS. The van der Waals surface area contributed by atoms with Gasteiger partial charge in [0.25, 0.3) is 5.56 Å². The van der Waals surface area contributed by atoms with Crippen LogP contribution in [0.4, 0.5) is 5.00 Å². The first-order valence-corrected chi connectivity index (χ1v) is 2.94. The molecule has 4 nitrogen and oxygen atoms in total. The summed E-state index contributed by atoms with van der Waals surface area (Å²) in [5, 5.41) is 8.50. The minimum absolute atomic E-state index is 0.0139. The molecule has 0 aliphatic carbocycles. The van der Waals surface area contributed by atoms with E-state index in [4.69, 9.17) is 11.0 Å². The van der Waals surface area contributed by atoms with Gasteiger partial charge in [-0.05, 0) is 11.5 Å². The SMILES string of the molecule is N#Cc1c(N)s[nH]c1=O. The number of nitrogens with two attached hydrogens (primary N) is 1. The van der Waals surface area contributed by atoms with Crippen LogP contribution in [0.1, 0.15) is 5.56 Å². The van der Waals surface area contributed by atoms with Crippen LogP contribution in [0.15, 0.2) is 4.79 Å². The molecule has 1 aromatic heterocycles. The summed E-state index contributed by atoms with van der Waals surface area (Å²) < 4.78 is 2.33. The third-order valence-electron chi connectivity index (χ3n) is 0.839. The standard InChI is InChI=1S/C4H3N3OS/c5-1-2-3(6)9-7-4(2)8/h6H2,(H,7,8). The monoisotopic (exact) mass is 141 g/mol. The lowest BCUT2D eigenvalue weighted by molar-refractivity contribution is 1.38. The first-order chi connectivity index (χ1) is 4.25. The molecule has 5 heteroatoms. The number of nitriles is 1. The zero-order chi connectivity index (χ0) is 6.85. The van der Waals surface area contributed by atoms with Crippen LogP contribution in [0, 0.1) is 11.3 Å². The molecule has 0 aliphatic rings. The summed E-state index contributed by atoms with van der Waals surface area (Å²) in [5.74, 6) is 0. The van der Waals surface area contributed by atoms with Gasteiger partial charge in [-0.15, -0.1) is 0 Å². The van der Waals surface area contributed by atoms with E-state index in [1.54, 1.807) is 6.07 Å². The molecule has 0 amide bonds. The predicted molar refractivity (Wildman–Crippen MR) is 34.1 cm³/mol. The zero-order valence-corrected chi connectivity index (χ0v) is 5.16. The molecule has 0 aromatic carbocycles. The van der Waals surface area contributed by atoms with Crippen LogP contribution in [0.3, 0.4) is 0 Å².